The van der Waals surface area contributed by atoms with E-state index in [2.05, 4.69) is 64.9 Å². The summed E-state index contributed by atoms with van der Waals surface area (Å²) in [5.41, 5.74) is 7.00. The molecule has 0 bridgehead atoms. The standard InChI is InChI=1S/2C16H24O4.2C4H11N/c2*1-5-6-7-8-11-9-13(11)20-14(17)10-12(15(18)19)16(2,3)4;2*1-4(2,3)5/h2*1,11-13H,6-10H2,2-4H3,(H,18,19);2*5H2,1-3H3/t2*11-,12-,13-;;/m11../s1. The van der Waals surface area contributed by atoms with Gasteiger partial charge in [0.15, 0.2) is 0 Å². The van der Waals surface area contributed by atoms with Crippen LogP contribution in [0.4, 0.5) is 0 Å². The second-order valence-corrected chi connectivity index (χ2v) is 18.2. The highest BCUT2D eigenvalue weighted by atomic mass is 16.6. The van der Waals surface area contributed by atoms with Gasteiger partial charge in [0.2, 0.25) is 0 Å². The molecule has 10 nitrogen and oxygen atoms in total. The predicted octanol–water partition coefficient (Wildman–Crippen LogP) is 3.10. The van der Waals surface area contributed by atoms with E-state index < -0.39 is 46.5 Å². The summed E-state index contributed by atoms with van der Waals surface area (Å²) in [5.74, 6) is 1.01. The Hall–Kier alpha value is -3.08. The van der Waals surface area contributed by atoms with Crippen LogP contribution in [0.2, 0.25) is 0 Å². The minimum absolute atomic E-state index is 0.0531. The normalized spacial score (nSPS) is 20.6. The van der Waals surface area contributed by atoms with Crippen LogP contribution in [-0.2, 0) is 28.7 Å². The maximum absolute atomic E-state index is 11.8. The first-order valence-electron chi connectivity index (χ1n) is 17.9. The van der Waals surface area contributed by atoms with Gasteiger partial charge in [0, 0.05) is 36.6 Å². The zero-order chi connectivity index (χ0) is 39.7. The first-order chi connectivity index (χ1) is 22.5. The van der Waals surface area contributed by atoms with E-state index in [4.69, 9.17) is 22.3 Å². The number of aliphatic carboxylic acids is 2. The molecule has 0 spiro atoms. The summed E-state index contributed by atoms with van der Waals surface area (Å²) in [4.78, 5) is 45.7. The molecule has 2 fully saturated rings. The van der Waals surface area contributed by atoms with Crippen molar-refractivity contribution in [2.75, 3.05) is 0 Å². The molecule has 6 atom stereocenters. The number of ether oxygens (including phenoxy) is 2. The van der Waals surface area contributed by atoms with Gasteiger partial charge in [-0.15, -0.1) is 24.7 Å². The van der Waals surface area contributed by atoms with Gasteiger partial charge in [-0.3, -0.25) is 9.59 Å². The number of hydrogen-bond acceptors (Lipinski definition) is 8. The SMILES string of the molecule is C#CCCC[C@@H]1C[C@H]1OC(=O)C[C@H](C(=O)[O-])C(C)(C)C.C#CCCC[C@@H]1C[C@H]1OC(=O)C[C@H](C(=O)[O-])C(C)(C)C.CC(C)(C)[NH3+].CC(C)(C)[NH3+]. The summed E-state index contributed by atoms with van der Waals surface area (Å²) in [6, 6.07) is 0. The summed E-state index contributed by atoms with van der Waals surface area (Å²) in [7, 11) is 0. The van der Waals surface area contributed by atoms with Crippen molar-refractivity contribution in [3.63, 3.8) is 0 Å². The Morgan fingerprint density at radius 2 is 0.900 bits per heavy atom. The van der Waals surface area contributed by atoms with E-state index in [0.717, 1.165) is 51.4 Å². The van der Waals surface area contributed by atoms with Crippen LogP contribution < -0.4 is 21.7 Å². The van der Waals surface area contributed by atoms with Gasteiger partial charge in [0.05, 0.1) is 23.9 Å². The predicted molar refractivity (Wildman–Crippen MR) is 192 cm³/mol. The molecule has 0 saturated heterocycles. The lowest BCUT2D eigenvalue weighted by Gasteiger charge is -2.30. The van der Waals surface area contributed by atoms with E-state index in [1.165, 1.54) is 0 Å². The summed E-state index contributed by atoms with van der Waals surface area (Å²) in [6.07, 6.45) is 17.0. The van der Waals surface area contributed by atoms with E-state index in [9.17, 15) is 29.4 Å². The average Bonchev–Trinajstić information content (AvgIpc) is 3.81. The number of hydrogen-bond donors (Lipinski definition) is 2. The summed E-state index contributed by atoms with van der Waals surface area (Å²) >= 11 is 0. The first-order valence-corrected chi connectivity index (χ1v) is 17.9. The molecule has 2 rings (SSSR count). The molecule has 2 aliphatic carbocycles. The Labute approximate surface area is 303 Å². The Morgan fingerprint density at radius 1 is 0.640 bits per heavy atom. The Balaban J connectivity index is 0. The fraction of sp³-hybridized carbons (Fsp3) is 0.800. The van der Waals surface area contributed by atoms with Crippen molar-refractivity contribution < 1.29 is 50.3 Å². The molecule has 0 heterocycles. The average molecular weight is 707 g/mol. The topological polar surface area (TPSA) is 188 Å². The molecule has 0 aromatic carbocycles. The van der Waals surface area contributed by atoms with Gasteiger partial charge in [0.25, 0.3) is 0 Å². The van der Waals surface area contributed by atoms with Crippen LogP contribution in [0.1, 0.15) is 147 Å². The number of carbonyl (C=O) groups is 4. The van der Waals surface area contributed by atoms with E-state index in [1.807, 2.05) is 0 Å². The summed E-state index contributed by atoms with van der Waals surface area (Å²) in [6.45, 7) is 23.1. The second-order valence-electron chi connectivity index (χ2n) is 18.2. The van der Waals surface area contributed by atoms with Gasteiger partial charge < -0.3 is 40.7 Å². The maximum atomic E-state index is 11.8. The lowest BCUT2D eigenvalue weighted by atomic mass is 9.79. The number of carbonyl (C=O) groups excluding carboxylic acids is 4. The van der Waals surface area contributed by atoms with Crippen molar-refractivity contribution in [1.82, 2.24) is 0 Å². The first kappa shape index (κ1) is 49.0. The maximum Gasteiger partial charge on any atom is 0.306 e. The molecule has 2 saturated carbocycles. The molecule has 0 aromatic heterocycles. The quantitative estimate of drug-likeness (QED) is 0.157. The number of unbranched alkanes of at least 4 members (excludes halogenated alkanes) is 2. The van der Waals surface area contributed by atoms with Crippen molar-refractivity contribution in [2.45, 2.75) is 171 Å². The van der Waals surface area contributed by atoms with Gasteiger partial charge in [0.1, 0.15) is 12.2 Å². The summed E-state index contributed by atoms with van der Waals surface area (Å²) < 4.78 is 10.6. The molecule has 0 amide bonds. The zero-order valence-corrected chi connectivity index (χ0v) is 33.4. The monoisotopic (exact) mass is 707 g/mol. The summed E-state index contributed by atoms with van der Waals surface area (Å²) in [5, 5.41) is 22.2. The fourth-order valence-corrected chi connectivity index (χ4v) is 4.52. The fourth-order valence-electron chi connectivity index (χ4n) is 4.52. The minimum Gasteiger partial charge on any atom is -0.550 e. The van der Waals surface area contributed by atoms with Crippen molar-refractivity contribution in [3.05, 3.63) is 0 Å². The minimum atomic E-state index is -1.20. The molecule has 0 aliphatic heterocycles. The highest BCUT2D eigenvalue weighted by Gasteiger charge is 2.41. The van der Waals surface area contributed by atoms with Crippen molar-refractivity contribution in [1.29, 1.82) is 0 Å². The van der Waals surface area contributed by atoms with Crippen molar-refractivity contribution in [3.8, 4) is 24.7 Å². The van der Waals surface area contributed by atoms with Gasteiger partial charge in [-0.2, -0.15) is 0 Å². The Kier molecular flexibility index (Phi) is 21.6. The van der Waals surface area contributed by atoms with Gasteiger partial charge in [-0.05, 0) is 103 Å². The largest absolute Gasteiger partial charge is 0.550 e. The van der Waals surface area contributed by atoms with Gasteiger partial charge in [-0.25, -0.2) is 0 Å². The molecule has 0 radical (unpaired) electrons. The Morgan fingerprint density at radius 3 is 1.10 bits per heavy atom. The number of quaternary nitrogens is 2. The lowest BCUT2D eigenvalue weighted by molar-refractivity contribution is -0.459. The van der Waals surface area contributed by atoms with E-state index in [-0.39, 0.29) is 36.1 Å². The molecule has 6 N–H and O–H groups in total. The van der Waals surface area contributed by atoms with Crippen LogP contribution in [0.25, 0.3) is 0 Å². The van der Waals surface area contributed by atoms with Crippen LogP contribution in [0.5, 0.6) is 0 Å². The van der Waals surface area contributed by atoms with Crippen LogP contribution >= 0.6 is 0 Å². The highest BCUT2D eigenvalue weighted by Crippen LogP contribution is 2.40. The smallest absolute Gasteiger partial charge is 0.306 e. The van der Waals surface area contributed by atoms with E-state index in [1.54, 1.807) is 41.5 Å². The molecule has 0 aromatic rings. The van der Waals surface area contributed by atoms with Crippen LogP contribution in [0.3, 0.4) is 0 Å². The van der Waals surface area contributed by atoms with E-state index >= 15 is 0 Å². The van der Waals surface area contributed by atoms with E-state index in [0.29, 0.717) is 11.8 Å². The van der Waals surface area contributed by atoms with Crippen LogP contribution in [-0.4, -0.2) is 47.2 Å². The van der Waals surface area contributed by atoms with Gasteiger partial charge in [-0.1, -0.05) is 41.5 Å². The van der Waals surface area contributed by atoms with Crippen LogP contribution in [0, 0.1) is 59.2 Å². The van der Waals surface area contributed by atoms with Crippen molar-refractivity contribution >= 4 is 23.9 Å². The molecule has 288 valence electrons. The third-order valence-corrected chi connectivity index (χ3v) is 7.47. The Bertz CT molecular complexity index is 1040. The molecular formula is C40H70N2O8. The number of esters is 2. The molecule has 2 aliphatic rings. The van der Waals surface area contributed by atoms with Crippen molar-refractivity contribution in [2.24, 2.45) is 34.5 Å². The zero-order valence-electron chi connectivity index (χ0n) is 33.4. The highest BCUT2D eigenvalue weighted by molar-refractivity contribution is 5.79. The number of rotatable bonds is 14. The molecular weight excluding hydrogens is 636 g/mol. The molecule has 50 heavy (non-hydrogen) atoms. The number of carboxylic acid groups (broad SMARTS) is 2. The third-order valence-electron chi connectivity index (χ3n) is 7.47. The number of carboxylic acids is 2. The molecule has 10 heteroatoms. The third kappa shape index (κ3) is 28.7. The molecule has 0 unspecified atom stereocenters. The van der Waals surface area contributed by atoms with Crippen LogP contribution in [0.15, 0.2) is 0 Å². The number of terminal acetylenes is 2. The second kappa shape index (κ2) is 22.0. The van der Waals surface area contributed by atoms with Gasteiger partial charge >= 0.3 is 11.9 Å². The lowest BCUT2D eigenvalue weighted by Crippen LogP contribution is -2.67.